The molecule has 5 heteroatoms. The zero-order chi connectivity index (χ0) is 13.4. The summed E-state index contributed by atoms with van der Waals surface area (Å²) < 4.78 is 9.59. The number of benzene rings is 2. The Labute approximate surface area is 153 Å². The summed E-state index contributed by atoms with van der Waals surface area (Å²) in [6.07, 6.45) is 0. The molecule has 2 aromatic rings. The van der Waals surface area contributed by atoms with Crippen molar-refractivity contribution in [2.75, 3.05) is 14.2 Å². The maximum absolute atomic E-state index is 10.6. The van der Waals surface area contributed by atoms with E-state index in [1.165, 1.54) is 38.5 Å². The summed E-state index contributed by atoms with van der Waals surface area (Å²) in [5, 5.41) is 21.1. The molecule has 0 fully saturated rings. The standard InChI is InChI=1S/2C7H8O2.Ba/c2*1-9-7-4-2-3-6(8)5-7;/h2*2-5,8H,1H3;/q;;+2/p-2. The molecule has 0 unspecified atom stereocenters. The quantitative estimate of drug-likeness (QED) is 0.730. The van der Waals surface area contributed by atoms with Crippen LogP contribution in [0.3, 0.4) is 0 Å². The Balaban J connectivity index is 0.000000324. The molecule has 4 nitrogen and oxygen atoms in total. The van der Waals surface area contributed by atoms with Crippen molar-refractivity contribution in [3.63, 3.8) is 0 Å². The van der Waals surface area contributed by atoms with Crippen molar-refractivity contribution < 1.29 is 19.7 Å². The van der Waals surface area contributed by atoms with Crippen LogP contribution in [0.1, 0.15) is 0 Å². The van der Waals surface area contributed by atoms with Gasteiger partial charge in [-0.05, 0) is 24.3 Å². The van der Waals surface area contributed by atoms with Crippen LogP contribution in [-0.2, 0) is 0 Å². The van der Waals surface area contributed by atoms with Crippen LogP contribution < -0.4 is 19.7 Å². The molecule has 0 bridgehead atoms. The first kappa shape index (κ1) is 18.2. The van der Waals surface area contributed by atoms with Crippen molar-refractivity contribution in [3.8, 4) is 23.0 Å². The zero-order valence-electron chi connectivity index (χ0n) is 11.0. The van der Waals surface area contributed by atoms with E-state index >= 15 is 0 Å². The predicted octanol–water partition coefficient (Wildman–Crippen LogP) is 1.16. The minimum atomic E-state index is -0.0191. The van der Waals surface area contributed by atoms with E-state index < -0.39 is 0 Å². The van der Waals surface area contributed by atoms with E-state index in [0.717, 1.165) is 0 Å². The molecule has 0 atom stereocenters. The second-order valence-electron chi connectivity index (χ2n) is 3.36. The van der Waals surface area contributed by atoms with Gasteiger partial charge in [-0.2, -0.15) is 0 Å². The number of ether oxygens (including phenoxy) is 2. The van der Waals surface area contributed by atoms with Crippen molar-refractivity contribution in [1.29, 1.82) is 0 Å². The molecule has 0 radical (unpaired) electrons. The fourth-order valence-electron chi connectivity index (χ4n) is 1.20. The number of hydrogen-bond donors (Lipinski definition) is 0. The SMILES string of the molecule is COc1cccc([O-])c1.COc1cccc([O-])c1.[Ba+2]. The van der Waals surface area contributed by atoms with Gasteiger partial charge in [-0.25, -0.2) is 0 Å². The molecule has 96 valence electrons. The Morgan fingerprint density at radius 1 is 0.737 bits per heavy atom. The molecule has 2 rings (SSSR count). The molecule has 0 saturated heterocycles. The van der Waals surface area contributed by atoms with Crippen LogP contribution in [0.25, 0.3) is 0 Å². The molecule has 0 heterocycles. The minimum absolute atomic E-state index is 0. The van der Waals surface area contributed by atoms with E-state index in [9.17, 15) is 10.2 Å². The summed E-state index contributed by atoms with van der Waals surface area (Å²) in [6.45, 7) is 0. The first-order valence-corrected chi connectivity index (χ1v) is 5.28. The topological polar surface area (TPSA) is 64.6 Å². The molecule has 0 N–H and O–H groups in total. The normalized spacial score (nSPS) is 8.53. The van der Waals surface area contributed by atoms with Gasteiger partial charge >= 0.3 is 48.9 Å². The van der Waals surface area contributed by atoms with Crippen LogP contribution in [0, 0.1) is 0 Å². The minimum Gasteiger partial charge on any atom is -0.872 e. The van der Waals surface area contributed by atoms with Gasteiger partial charge in [0.15, 0.2) is 0 Å². The van der Waals surface area contributed by atoms with Crippen LogP contribution in [0.15, 0.2) is 48.5 Å². The number of methoxy groups -OCH3 is 2. The van der Waals surface area contributed by atoms with Crippen LogP contribution in [0.4, 0.5) is 0 Å². The summed E-state index contributed by atoms with van der Waals surface area (Å²) in [5.41, 5.74) is 0. The van der Waals surface area contributed by atoms with Gasteiger partial charge in [0.25, 0.3) is 0 Å². The maximum Gasteiger partial charge on any atom is 2.00 e. The summed E-state index contributed by atoms with van der Waals surface area (Å²) in [5.74, 6) is 1.19. The van der Waals surface area contributed by atoms with Crippen molar-refractivity contribution in [3.05, 3.63) is 48.5 Å². The molecule has 2 aromatic carbocycles. The fraction of sp³-hybridized carbons (Fsp3) is 0.143. The van der Waals surface area contributed by atoms with E-state index in [-0.39, 0.29) is 60.4 Å². The second kappa shape index (κ2) is 10.1. The van der Waals surface area contributed by atoms with E-state index in [1.54, 1.807) is 24.3 Å². The van der Waals surface area contributed by atoms with Gasteiger partial charge in [0, 0.05) is 0 Å². The molecule has 0 amide bonds. The zero-order valence-corrected chi connectivity index (χ0v) is 15.4. The van der Waals surface area contributed by atoms with Crippen molar-refractivity contribution in [2.24, 2.45) is 0 Å². The Bertz CT molecular complexity index is 443. The van der Waals surface area contributed by atoms with Crippen molar-refractivity contribution >= 4 is 48.9 Å². The first-order chi connectivity index (χ1) is 8.65. The molecule has 0 spiro atoms. The van der Waals surface area contributed by atoms with Gasteiger partial charge in [-0.3, -0.25) is 0 Å². The maximum atomic E-state index is 10.6. The number of rotatable bonds is 2. The molecule has 0 aliphatic carbocycles. The second-order valence-corrected chi connectivity index (χ2v) is 3.36. The van der Waals surface area contributed by atoms with E-state index in [4.69, 9.17) is 9.47 Å². The smallest absolute Gasteiger partial charge is 0.872 e. The summed E-state index contributed by atoms with van der Waals surface area (Å²) in [6, 6.07) is 12.7. The van der Waals surface area contributed by atoms with Crippen LogP contribution >= 0.6 is 0 Å². The molecular weight excluding hydrogens is 369 g/mol. The molecule has 0 aliphatic rings. The average Bonchev–Trinajstić information content (AvgIpc) is 2.39. The third kappa shape index (κ3) is 7.39. The molecular formula is C14H14BaO4. The Morgan fingerprint density at radius 2 is 1.11 bits per heavy atom. The van der Waals surface area contributed by atoms with Gasteiger partial charge in [-0.1, -0.05) is 24.3 Å². The van der Waals surface area contributed by atoms with Crippen LogP contribution in [-0.4, -0.2) is 63.1 Å². The summed E-state index contributed by atoms with van der Waals surface area (Å²) >= 11 is 0. The van der Waals surface area contributed by atoms with Gasteiger partial charge in [-0.15, -0.1) is 11.5 Å². The van der Waals surface area contributed by atoms with Gasteiger partial charge < -0.3 is 19.7 Å². The first-order valence-electron chi connectivity index (χ1n) is 5.28. The average molecular weight is 384 g/mol. The Morgan fingerprint density at radius 3 is 1.32 bits per heavy atom. The third-order valence-corrected chi connectivity index (χ3v) is 2.08. The molecule has 0 aliphatic heterocycles. The monoisotopic (exact) mass is 384 g/mol. The number of hydrogen-bond acceptors (Lipinski definition) is 4. The van der Waals surface area contributed by atoms with Crippen LogP contribution in [0.2, 0.25) is 0 Å². The van der Waals surface area contributed by atoms with Gasteiger partial charge in [0.05, 0.1) is 14.2 Å². The van der Waals surface area contributed by atoms with Crippen molar-refractivity contribution in [2.45, 2.75) is 0 Å². The fourth-order valence-corrected chi connectivity index (χ4v) is 1.20. The van der Waals surface area contributed by atoms with Crippen LogP contribution in [0.5, 0.6) is 23.0 Å². The van der Waals surface area contributed by atoms with E-state index in [1.807, 2.05) is 0 Å². The summed E-state index contributed by atoms with van der Waals surface area (Å²) in [7, 11) is 3.07. The Hall–Kier alpha value is -0.789. The summed E-state index contributed by atoms with van der Waals surface area (Å²) in [4.78, 5) is 0. The van der Waals surface area contributed by atoms with Gasteiger partial charge in [0.1, 0.15) is 11.5 Å². The molecule has 0 aromatic heterocycles. The van der Waals surface area contributed by atoms with Gasteiger partial charge in [0.2, 0.25) is 0 Å². The third-order valence-electron chi connectivity index (χ3n) is 2.08. The molecule has 0 saturated carbocycles. The largest absolute Gasteiger partial charge is 2.00 e. The Kier molecular flexibility index (Phi) is 9.64. The van der Waals surface area contributed by atoms with E-state index in [0.29, 0.717) is 11.5 Å². The predicted molar refractivity (Wildman–Crippen MR) is 70.6 cm³/mol. The van der Waals surface area contributed by atoms with Crippen molar-refractivity contribution in [1.82, 2.24) is 0 Å². The van der Waals surface area contributed by atoms with E-state index in [2.05, 4.69) is 0 Å². The molecule has 19 heavy (non-hydrogen) atoms.